The Bertz CT molecular complexity index is 424. The van der Waals surface area contributed by atoms with Crippen molar-refractivity contribution >= 4 is 11.8 Å². The van der Waals surface area contributed by atoms with Gasteiger partial charge in [0.2, 0.25) is 5.91 Å². The van der Waals surface area contributed by atoms with E-state index in [9.17, 15) is 9.59 Å². The van der Waals surface area contributed by atoms with Gasteiger partial charge in [-0.05, 0) is 37.1 Å². The van der Waals surface area contributed by atoms with Crippen LogP contribution in [0.1, 0.15) is 23.2 Å². The zero-order valence-electron chi connectivity index (χ0n) is 9.31. The monoisotopic (exact) mass is 234 g/mol. The van der Waals surface area contributed by atoms with Crippen LogP contribution in [-0.2, 0) is 4.79 Å². The summed E-state index contributed by atoms with van der Waals surface area (Å²) < 4.78 is 5.27. The van der Waals surface area contributed by atoms with Crippen molar-refractivity contribution in [2.75, 3.05) is 6.61 Å². The summed E-state index contributed by atoms with van der Waals surface area (Å²) in [6, 6.07) is 6.70. The quantitative estimate of drug-likeness (QED) is 0.775. The fourth-order valence-electron chi connectivity index (χ4n) is 1.36. The number of rotatable bonds is 5. The number of hydrogen-bond donors (Lipinski definition) is 2. The molecule has 5 heteroatoms. The summed E-state index contributed by atoms with van der Waals surface area (Å²) in [6.45, 7) is -0.00752. The fraction of sp³-hybridized carbons (Fsp3) is 0.333. The van der Waals surface area contributed by atoms with Gasteiger partial charge in [-0.15, -0.1) is 0 Å². The number of hydrogen-bond acceptors (Lipinski definition) is 3. The molecule has 2 amide bonds. The first-order valence-corrected chi connectivity index (χ1v) is 5.47. The Morgan fingerprint density at radius 1 is 1.29 bits per heavy atom. The highest BCUT2D eigenvalue weighted by atomic mass is 16.5. The van der Waals surface area contributed by atoms with Gasteiger partial charge in [-0.3, -0.25) is 9.59 Å². The Labute approximate surface area is 98.9 Å². The van der Waals surface area contributed by atoms with E-state index >= 15 is 0 Å². The lowest BCUT2D eigenvalue weighted by Crippen LogP contribution is -2.30. The number of carbonyl (C=O) groups is 2. The van der Waals surface area contributed by atoms with Crippen molar-refractivity contribution < 1.29 is 14.3 Å². The van der Waals surface area contributed by atoms with E-state index in [4.69, 9.17) is 10.5 Å². The molecule has 17 heavy (non-hydrogen) atoms. The topological polar surface area (TPSA) is 81.4 Å². The van der Waals surface area contributed by atoms with Crippen molar-refractivity contribution in [3.63, 3.8) is 0 Å². The van der Waals surface area contributed by atoms with E-state index in [1.165, 1.54) is 0 Å². The third-order valence-corrected chi connectivity index (χ3v) is 2.45. The second-order valence-corrected chi connectivity index (χ2v) is 4.02. The van der Waals surface area contributed by atoms with E-state index in [1.807, 2.05) is 0 Å². The minimum Gasteiger partial charge on any atom is -0.484 e. The zero-order chi connectivity index (χ0) is 12.3. The Morgan fingerprint density at radius 2 is 1.94 bits per heavy atom. The van der Waals surface area contributed by atoms with Gasteiger partial charge < -0.3 is 15.8 Å². The molecule has 0 atom stereocenters. The van der Waals surface area contributed by atoms with E-state index in [-0.39, 0.29) is 12.5 Å². The molecule has 0 saturated heterocycles. The Morgan fingerprint density at radius 3 is 2.47 bits per heavy atom. The molecule has 1 fully saturated rings. The number of ether oxygens (including phenoxy) is 1. The van der Waals surface area contributed by atoms with Crippen molar-refractivity contribution in [1.82, 2.24) is 5.32 Å². The third kappa shape index (κ3) is 3.48. The Kier molecular flexibility index (Phi) is 3.27. The maximum atomic E-state index is 11.3. The number of primary amides is 1. The molecule has 1 aliphatic carbocycles. The van der Waals surface area contributed by atoms with Gasteiger partial charge in [0.15, 0.2) is 6.61 Å². The number of nitrogens with one attached hydrogen (secondary N) is 1. The number of benzene rings is 1. The molecule has 1 aromatic rings. The summed E-state index contributed by atoms with van der Waals surface area (Å²) in [5.41, 5.74) is 5.52. The van der Waals surface area contributed by atoms with Crippen molar-refractivity contribution in [3.8, 4) is 5.75 Å². The van der Waals surface area contributed by atoms with E-state index in [2.05, 4.69) is 5.32 Å². The summed E-state index contributed by atoms with van der Waals surface area (Å²) in [4.78, 5) is 22.2. The summed E-state index contributed by atoms with van der Waals surface area (Å²) in [5.74, 6) is -0.0598. The molecule has 1 saturated carbocycles. The van der Waals surface area contributed by atoms with Crippen molar-refractivity contribution in [2.24, 2.45) is 5.73 Å². The maximum absolute atomic E-state index is 11.3. The second-order valence-electron chi connectivity index (χ2n) is 4.02. The highest BCUT2D eigenvalue weighted by Crippen LogP contribution is 2.18. The first-order chi connectivity index (χ1) is 8.15. The number of carbonyl (C=O) groups excluding carboxylic acids is 2. The van der Waals surface area contributed by atoms with E-state index < -0.39 is 5.91 Å². The molecular formula is C12H14N2O3. The van der Waals surface area contributed by atoms with Crippen molar-refractivity contribution in [3.05, 3.63) is 29.8 Å². The highest BCUT2D eigenvalue weighted by molar-refractivity contribution is 5.92. The maximum Gasteiger partial charge on any atom is 0.258 e. The molecule has 5 nitrogen and oxygen atoms in total. The van der Waals surface area contributed by atoms with Crippen LogP contribution >= 0.6 is 0 Å². The van der Waals surface area contributed by atoms with Gasteiger partial charge in [0, 0.05) is 11.6 Å². The average molecular weight is 234 g/mol. The van der Waals surface area contributed by atoms with Gasteiger partial charge in [0.05, 0.1) is 0 Å². The van der Waals surface area contributed by atoms with Crippen LogP contribution in [0.3, 0.4) is 0 Å². The molecule has 1 aliphatic rings. The van der Waals surface area contributed by atoms with Crippen LogP contribution in [0.5, 0.6) is 5.75 Å². The predicted octanol–water partition coefficient (Wildman–Crippen LogP) is 0.443. The van der Waals surface area contributed by atoms with Crippen molar-refractivity contribution in [2.45, 2.75) is 18.9 Å². The smallest absolute Gasteiger partial charge is 0.258 e. The molecule has 3 N–H and O–H groups in total. The summed E-state index contributed by atoms with van der Waals surface area (Å²) in [6.07, 6.45) is 2.11. The number of amides is 2. The lowest BCUT2D eigenvalue weighted by atomic mass is 10.2. The van der Waals surface area contributed by atoms with Crippen LogP contribution in [0.2, 0.25) is 0 Å². The lowest BCUT2D eigenvalue weighted by Gasteiger charge is -2.06. The Hall–Kier alpha value is -2.04. The molecule has 1 aromatic carbocycles. The SMILES string of the molecule is NC(=O)c1ccc(OCC(=O)NC2CC2)cc1. The normalized spacial score (nSPS) is 14.1. The van der Waals surface area contributed by atoms with Gasteiger partial charge in [0.1, 0.15) is 5.75 Å². The third-order valence-electron chi connectivity index (χ3n) is 2.45. The largest absolute Gasteiger partial charge is 0.484 e. The van der Waals surface area contributed by atoms with Crippen LogP contribution in [0.15, 0.2) is 24.3 Å². The molecule has 0 radical (unpaired) electrons. The van der Waals surface area contributed by atoms with Crippen LogP contribution in [-0.4, -0.2) is 24.5 Å². The molecule has 0 spiro atoms. The molecule has 90 valence electrons. The summed E-state index contributed by atoms with van der Waals surface area (Å²) >= 11 is 0. The van der Waals surface area contributed by atoms with E-state index in [1.54, 1.807) is 24.3 Å². The van der Waals surface area contributed by atoms with Gasteiger partial charge in [0.25, 0.3) is 5.91 Å². The Balaban J connectivity index is 1.81. The number of nitrogens with two attached hydrogens (primary N) is 1. The molecule has 0 bridgehead atoms. The van der Waals surface area contributed by atoms with Crippen LogP contribution < -0.4 is 15.8 Å². The highest BCUT2D eigenvalue weighted by Gasteiger charge is 2.23. The van der Waals surface area contributed by atoms with Gasteiger partial charge >= 0.3 is 0 Å². The summed E-state index contributed by atoms with van der Waals surface area (Å²) in [5, 5.41) is 2.82. The summed E-state index contributed by atoms with van der Waals surface area (Å²) in [7, 11) is 0. The molecule has 0 heterocycles. The lowest BCUT2D eigenvalue weighted by molar-refractivity contribution is -0.123. The predicted molar refractivity (Wildman–Crippen MR) is 61.6 cm³/mol. The van der Waals surface area contributed by atoms with Crippen LogP contribution in [0, 0.1) is 0 Å². The average Bonchev–Trinajstić information content (AvgIpc) is 3.11. The van der Waals surface area contributed by atoms with E-state index in [0.717, 1.165) is 12.8 Å². The van der Waals surface area contributed by atoms with Gasteiger partial charge in [-0.25, -0.2) is 0 Å². The van der Waals surface area contributed by atoms with Crippen LogP contribution in [0.25, 0.3) is 0 Å². The minimum atomic E-state index is -0.483. The molecule has 2 rings (SSSR count). The van der Waals surface area contributed by atoms with Crippen molar-refractivity contribution in [1.29, 1.82) is 0 Å². The first kappa shape index (κ1) is 11.4. The molecule has 0 unspecified atom stereocenters. The van der Waals surface area contributed by atoms with Crippen LogP contribution in [0.4, 0.5) is 0 Å². The van der Waals surface area contributed by atoms with Gasteiger partial charge in [-0.2, -0.15) is 0 Å². The molecule has 0 aliphatic heterocycles. The zero-order valence-corrected chi connectivity index (χ0v) is 9.31. The molecular weight excluding hydrogens is 220 g/mol. The fourth-order valence-corrected chi connectivity index (χ4v) is 1.36. The van der Waals surface area contributed by atoms with E-state index in [0.29, 0.717) is 17.4 Å². The first-order valence-electron chi connectivity index (χ1n) is 5.47. The second kappa shape index (κ2) is 4.86. The molecule has 0 aromatic heterocycles. The standard InChI is InChI=1S/C12H14N2O3/c13-12(16)8-1-5-10(6-2-8)17-7-11(15)14-9-3-4-9/h1-2,5-6,9H,3-4,7H2,(H2,13,16)(H,14,15). The van der Waals surface area contributed by atoms with Gasteiger partial charge in [-0.1, -0.05) is 0 Å². The minimum absolute atomic E-state index is 0.00752.